The summed E-state index contributed by atoms with van der Waals surface area (Å²) in [5.41, 5.74) is -0.448. The molecular formula is C23H35N3O5. The highest BCUT2D eigenvalue weighted by Crippen LogP contribution is 2.27. The molecule has 0 saturated carbocycles. The van der Waals surface area contributed by atoms with Crippen molar-refractivity contribution in [2.75, 3.05) is 26.2 Å². The van der Waals surface area contributed by atoms with E-state index in [-0.39, 0.29) is 23.9 Å². The van der Waals surface area contributed by atoms with E-state index >= 15 is 0 Å². The zero-order valence-electron chi connectivity index (χ0n) is 19.4. The topological polar surface area (TPSA) is 108 Å². The van der Waals surface area contributed by atoms with Crippen LogP contribution in [0.3, 0.4) is 0 Å². The molecule has 0 aromatic heterocycles. The van der Waals surface area contributed by atoms with Crippen LogP contribution in [0.2, 0.25) is 0 Å². The summed E-state index contributed by atoms with van der Waals surface area (Å²) in [6, 6.07) is 3.63. The number of carbonyl (C=O) groups excluding carboxylic acids is 3. The van der Waals surface area contributed by atoms with E-state index in [1.165, 1.54) is 12.1 Å². The van der Waals surface area contributed by atoms with Gasteiger partial charge in [-0.2, -0.15) is 0 Å². The number of nitrogens with one attached hydrogen (secondary N) is 2. The van der Waals surface area contributed by atoms with E-state index in [1.807, 2.05) is 0 Å². The number of alkyl carbamates (subject to hydrolysis) is 1. The van der Waals surface area contributed by atoms with Crippen LogP contribution >= 0.6 is 0 Å². The van der Waals surface area contributed by atoms with Crippen molar-refractivity contribution in [1.82, 2.24) is 15.5 Å². The van der Waals surface area contributed by atoms with Crippen molar-refractivity contribution in [2.24, 2.45) is 5.41 Å². The number of hydrogen-bond acceptors (Lipinski definition) is 6. The van der Waals surface area contributed by atoms with E-state index < -0.39 is 23.2 Å². The molecule has 0 radical (unpaired) electrons. The van der Waals surface area contributed by atoms with Gasteiger partial charge in [0.25, 0.3) is 0 Å². The predicted octanol–water partition coefficient (Wildman–Crippen LogP) is 2.49. The number of piperazine rings is 1. The molecule has 1 aliphatic heterocycles. The number of phenolic OH excluding ortho intramolecular Hbond substituents is 1. The first-order chi connectivity index (χ1) is 14.3. The SMILES string of the molecule is CC(C)(C)OC(=O)N[C@@H](Cc1ccc(O)cc1C(=O)C(C)(C)C)C(=O)N1CCNCC1. The number of phenols is 1. The second-order valence-corrected chi connectivity index (χ2v) is 9.90. The van der Waals surface area contributed by atoms with E-state index in [9.17, 15) is 19.5 Å². The number of nitrogens with zero attached hydrogens (tertiary/aromatic N) is 1. The van der Waals surface area contributed by atoms with Crippen molar-refractivity contribution in [3.05, 3.63) is 29.3 Å². The van der Waals surface area contributed by atoms with Crippen LogP contribution < -0.4 is 10.6 Å². The van der Waals surface area contributed by atoms with Gasteiger partial charge in [-0.25, -0.2) is 4.79 Å². The molecule has 2 amide bonds. The first-order valence-electron chi connectivity index (χ1n) is 10.6. The Bertz CT molecular complexity index is 817. The summed E-state index contributed by atoms with van der Waals surface area (Å²) in [5, 5.41) is 15.8. The van der Waals surface area contributed by atoms with Crippen molar-refractivity contribution in [1.29, 1.82) is 0 Å². The van der Waals surface area contributed by atoms with Gasteiger partial charge < -0.3 is 25.4 Å². The molecule has 1 heterocycles. The number of benzene rings is 1. The minimum atomic E-state index is -0.899. The molecular weight excluding hydrogens is 398 g/mol. The maximum absolute atomic E-state index is 13.2. The maximum Gasteiger partial charge on any atom is 0.408 e. The third kappa shape index (κ3) is 7.24. The Morgan fingerprint density at radius 3 is 2.29 bits per heavy atom. The molecule has 2 rings (SSSR count). The first kappa shape index (κ1) is 24.7. The van der Waals surface area contributed by atoms with Crippen molar-refractivity contribution >= 4 is 17.8 Å². The van der Waals surface area contributed by atoms with E-state index in [0.29, 0.717) is 37.3 Å². The van der Waals surface area contributed by atoms with Crippen LogP contribution in [0.15, 0.2) is 18.2 Å². The molecule has 1 aliphatic rings. The van der Waals surface area contributed by atoms with Crippen LogP contribution in [0, 0.1) is 5.41 Å². The number of hydrogen-bond donors (Lipinski definition) is 3. The summed E-state index contributed by atoms with van der Waals surface area (Å²) in [4.78, 5) is 40.4. The van der Waals surface area contributed by atoms with E-state index in [4.69, 9.17) is 4.74 Å². The number of aromatic hydroxyl groups is 1. The van der Waals surface area contributed by atoms with Gasteiger partial charge in [-0.15, -0.1) is 0 Å². The second-order valence-electron chi connectivity index (χ2n) is 9.90. The summed E-state index contributed by atoms with van der Waals surface area (Å²) >= 11 is 0. The van der Waals surface area contributed by atoms with Crippen LogP contribution in [0.4, 0.5) is 4.79 Å². The molecule has 1 aromatic carbocycles. The lowest BCUT2D eigenvalue weighted by Crippen LogP contribution is -2.55. The summed E-state index contributed by atoms with van der Waals surface area (Å²) in [6.07, 6.45) is -0.581. The summed E-state index contributed by atoms with van der Waals surface area (Å²) < 4.78 is 5.35. The quantitative estimate of drug-likeness (QED) is 0.616. The molecule has 0 aliphatic carbocycles. The molecule has 172 valence electrons. The van der Waals surface area contributed by atoms with Gasteiger partial charge in [0.15, 0.2) is 5.78 Å². The van der Waals surface area contributed by atoms with Gasteiger partial charge in [-0.1, -0.05) is 26.8 Å². The van der Waals surface area contributed by atoms with Crippen molar-refractivity contribution in [3.63, 3.8) is 0 Å². The average molecular weight is 434 g/mol. The van der Waals surface area contributed by atoms with Gasteiger partial charge in [-0.3, -0.25) is 9.59 Å². The minimum absolute atomic E-state index is 0.0265. The summed E-state index contributed by atoms with van der Waals surface area (Å²) in [6.45, 7) is 13.1. The average Bonchev–Trinajstić information content (AvgIpc) is 2.66. The fourth-order valence-electron chi connectivity index (χ4n) is 3.33. The number of ketones is 1. The van der Waals surface area contributed by atoms with Gasteiger partial charge in [-0.05, 0) is 38.5 Å². The van der Waals surface area contributed by atoms with Gasteiger partial charge in [0.05, 0.1) is 0 Å². The van der Waals surface area contributed by atoms with Gasteiger partial charge in [0, 0.05) is 43.6 Å². The number of Topliss-reactive ketones (excluding diaryl/α,β-unsaturated/α-hetero) is 1. The molecule has 3 N–H and O–H groups in total. The predicted molar refractivity (Wildman–Crippen MR) is 118 cm³/mol. The lowest BCUT2D eigenvalue weighted by Gasteiger charge is -2.32. The fourth-order valence-corrected chi connectivity index (χ4v) is 3.33. The van der Waals surface area contributed by atoms with Crippen molar-refractivity contribution < 1.29 is 24.2 Å². The highest BCUT2D eigenvalue weighted by molar-refractivity contribution is 6.01. The maximum atomic E-state index is 13.2. The summed E-state index contributed by atoms with van der Waals surface area (Å²) in [5.74, 6) is -0.403. The van der Waals surface area contributed by atoms with Crippen LogP contribution in [0.1, 0.15) is 57.5 Å². The third-order valence-corrected chi connectivity index (χ3v) is 4.86. The van der Waals surface area contributed by atoms with Crippen LogP contribution in [-0.2, 0) is 16.0 Å². The first-order valence-corrected chi connectivity index (χ1v) is 10.6. The molecule has 1 aromatic rings. The van der Waals surface area contributed by atoms with E-state index in [2.05, 4.69) is 10.6 Å². The molecule has 1 fully saturated rings. The molecule has 0 bridgehead atoms. The number of rotatable bonds is 5. The van der Waals surface area contributed by atoms with E-state index in [0.717, 1.165) is 0 Å². The van der Waals surface area contributed by atoms with Gasteiger partial charge in [0.2, 0.25) is 5.91 Å². The zero-order valence-corrected chi connectivity index (χ0v) is 19.4. The smallest absolute Gasteiger partial charge is 0.408 e. The Morgan fingerprint density at radius 2 is 1.74 bits per heavy atom. The van der Waals surface area contributed by atoms with Crippen LogP contribution in [0.5, 0.6) is 5.75 Å². The summed E-state index contributed by atoms with van der Waals surface area (Å²) in [7, 11) is 0. The lowest BCUT2D eigenvalue weighted by atomic mass is 9.83. The highest BCUT2D eigenvalue weighted by Gasteiger charge is 2.32. The van der Waals surface area contributed by atoms with Crippen LogP contribution in [0.25, 0.3) is 0 Å². The van der Waals surface area contributed by atoms with Crippen molar-refractivity contribution in [3.8, 4) is 5.75 Å². The Hall–Kier alpha value is -2.61. The Morgan fingerprint density at radius 1 is 1.13 bits per heavy atom. The fraction of sp³-hybridized carbons (Fsp3) is 0.609. The Labute approximate surface area is 184 Å². The van der Waals surface area contributed by atoms with E-state index in [1.54, 1.807) is 52.5 Å². The molecule has 31 heavy (non-hydrogen) atoms. The molecule has 0 spiro atoms. The molecule has 8 nitrogen and oxygen atoms in total. The standard InChI is InChI=1S/C23H35N3O5/c1-22(2,3)19(28)17-14-16(27)8-7-15(17)13-18(25-21(30)31-23(4,5)6)20(29)26-11-9-24-10-12-26/h7-8,14,18,24,27H,9-13H2,1-6H3,(H,25,30)/t18-/m0/s1. The zero-order chi connectivity index (χ0) is 23.4. The lowest BCUT2D eigenvalue weighted by molar-refractivity contribution is -0.134. The molecule has 1 saturated heterocycles. The monoisotopic (exact) mass is 433 g/mol. The Balaban J connectivity index is 2.35. The minimum Gasteiger partial charge on any atom is -0.508 e. The molecule has 1 atom stereocenters. The van der Waals surface area contributed by atoms with Crippen molar-refractivity contribution in [2.45, 2.75) is 59.6 Å². The normalized spacial score (nSPS) is 15.9. The second kappa shape index (κ2) is 9.68. The number of carbonyl (C=O) groups is 3. The molecule has 8 heteroatoms. The third-order valence-electron chi connectivity index (χ3n) is 4.86. The van der Waals surface area contributed by atoms with Gasteiger partial charge >= 0.3 is 6.09 Å². The van der Waals surface area contributed by atoms with Crippen LogP contribution in [-0.4, -0.2) is 65.6 Å². The number of ether oxygens (including phenoxy) is 1. The largest absolute Gasteiger partial charge is 0.508 e. The number of amides is 2. The van der Waals surface area contributed by atoms with Gasteiger partial charge in [0.1, 0.15) is 17.4 Å². The molecule has 0 unspecified atom stereocenters. The Kier molecular flexibility index (Phi) is 7.70. The highest BCUT2D eigenvalue weighted by atomic mass is 16.6.